The molecule has 1 aliphatic heterocycles. The molecule has 1 heterocycles. The van der Waals surface area contributed by atoms with Gasteiger partial charge in [-0.3, -0.25) is 4.90 Å². The van der Waals surface area contributed by atoms with Gasteiger partial charge in [-0.1, -0.05) is 34.6 Å². The summed E-state index contributed by atoms with van der Waals surface area (Å²) >= 11 is 0. The van der Waals surface area contributed by atoms with Crippen LogP contribution in [0.25, 0.3) is 0 Å². The summed E-state index contributed by atoms with van der Waals surface area (Å²) in [5, 5.41) is 3.73. The first-order valence-corrected chi connectivity index (χ1v) is 6.72. The Labute approximate surface area is 102 Å². The van der Waals surface area contributed by atoms with E-state index >= 15 is 0 Å². The fourth-order valence-electron chi connectivity index (χ4n) is 2.58. The van der Waals surface area contributed by atoms with Crippen LogP contribution in [0.4, 0.5) is 0 Å². The van der Waals surface area contributed by atoms with Crippen LogP contribution in [-0.4, -0.2) is 36.1 Å². The Kier molecular flexibility index (Phi) is 4.42. The largest absolute Gasteiger partial charge is 0.311 e. The maximum atomic E-state index is 3.73. The van der Waals surface area contributed by atoms with Gasteiger partial charge in [0.2, 0.25) is 0 Å². The number of piperazine rings is 1. The second kappa shape index (κ2) is 5.05. The van der Waals surface area contributed by atoms with Gasteiger partial charge in [0.25, 0.3) is 0 Å². The first-order valence-electron chi connectivity index (χ1n) is 6.72. The molecule has 1 saturated heterocycles. The Morgan fingerprint density at radius 3 is 2.06 bits per heavy atom. The van der Waals surface area contributed by atoms with Gasteiger partial charge in [0.15, 0.2) is 0 Å². The van der Waals surface area contributed by atoms with Crippen LogP contribution < -0.4 is 5.32 Å². The van der Waals surface area contributed by atoms with E-state index in [2.05, 4.69) is 58.7 Å². The van der Waals surface area contributed by atoms with Crippen molar-refractivity contribution in [3.63, 3.8) is 0 Å². The van der Waals surface area contributed by atoms with Crippen LogP contribution in [0.1, 0.15) is 48.5 Å². The molecular formula is C14H30N2. The molecule has 0 bridgehead atoms. The highest BCUT2D eigenvalue weighted by Gasteiger charge is 2.35. The number of rotatable bonds is 2. The van der Waals surface area contributed by atoms with Crippen LogP contribution in [0.15, 0.2) is 0 Å². The molecule has 1 fully saturated rings. The van der Waals surface area contributed by atoms with Crippen LogP contribution in [-0.2, 0) is 0 Å². The summed E-state index contributed by atoms with van der Waals surface area (Å²) in [4.78, 5) is 2.68. The second-order valence-electron chi connectivity index (χ2n) is 6.93. The number of hydrogen-bond acceptors (Lipinski definition) is 2. The van der Waals surface area contributed by atoms with Gasteiger partial charge in [-0.2, -0.15) is 0 Å². The fourth-order valence-corrected chi connectivity index (χ4v) is 2.58. The van der Waals surface area contributed by atoms with E-state index < -0.39 is 0 Å². The lowest BCUT2D eigenvalue weighted by Gasteiger charge is -2.48. The molecule has 0 saturated carbocycles. The Balaban J connectivity index is 2.73. The van der Waals surface area contributed by atoms with Gasteiger partial charge in [0.05, 0.1) is 0 Å². The molecule has 1 aliphatic rings. The smallest absolute Gasteiger partial charge is 0.0247 e. The van der Waals surface area contributed by atoms with Gasteiger partial charge in [0, 0.05) is 31.2 Å². The first kappa shape index (κ1) is 14.0. The summed E-state index contributed by atoms with van der Waals surface area (Å²) in [6.45, 7) is 18.6. The fraction of sp³-hybridized carbons (Fsp3) is 1.00. The molecule has 2 nitrogen and oxygen atoms in total. The van der Waals surface area contributed by atoms with E-state index in [1.54, 1.807) is 0 Å². The van der Waals surface area contributed by atoms with E-state index in [4.69, 9.17) is 0 Å². The molecule has 0 radical (unpaired) electrons. The van der Waals surface area contributed by atoms with Crippen molar-refractivity contribution in [2.75, 3.05) is 13.1 Å². The standard InChI is InChI=1S/C14H30N2/c1-10(2)12-8-15-13(14(5,6)7)9-16(12)11(3)4/h10-13,15H,8-9H2,1-7H3. The molecule has 2 atom stereocenters. The van der Waals surface area contributed by atoms with E-state index in [1.807, 2.05) is 0 Å². The quantitative estimate of drug-likeness (QED) is 0.779. The summed E-state index contributed by atoms with van der Waals surface area (Å²) < 4.78 is 0. The average Bonchev–Trinajstić information content (AvgIpc) is 2.15. The van der Waals surface area contributed by atoms with Crippen molar-refractivity contribution in [2.24, 2.45) is 11.3 Å². The molecule has 96 valence electrons. The predicted octanol–water partition coefficient (Wildman–Crippen LogP) is 2.74. The van der Waals surface area contributed by atoms with Gasteiger partial charge in [-0.25, -0.2) is 0 Å². The molecule has 0 spiro atoms. The van der Waals surface area contributed by atoms with Crippen molar-refractivity contribution in [1.82, 2.24) is 10.2 Å². The van der Waals surface area contributed by atoms with Crippen molar-refractivity contribution < 1.29 is 0 Å². The molecule has 1 rings (SSSR count). The Morgan fingerprint density at radius 1 is 1.12 bits per heavy atom. The normalized spacial score (nSPS) is 29.1. The highest BCUT2D eigenvalue weighted by atomic mass is 15.3. The molecular weight excluding hydrogens is 196 g/mol. The molecule has 0 aromatic heterocycles. The zero-order valence-electron chi connectivity index (χ0n) is 12.2. The number of hydrogen-bond donors (Lipinski definition) is 1. The third-order valence-electron chi connectivity index (χ3n) is 3.87. The Hall–Kier alpha value is -0.0800. The van der Waals surface area contributed by atoms with Crippen LogP contribution in [0, 0.1) is 11.3 Å². The Bertz CT molecular complexity index is 215. The third-order valence-corrected chi connectivity index (χ3v) is 3.87. The van der Waals surface area contributed by atoms with E-state index in [0.717, 1.165) is 12.5 Å². The Morgan fingerprint density at radius 2 is 1.69 bits per heavy atom. The summed E-state index contributed by atoms with van der Waals surface area (Å²) in [5.74, 6) is 0.732. The second-order valence-corrected chi connectivity index (χ2v) is 6.93. The minimum absolute atomic E-state index is 0.356. The van der Waals surface area contributed by atoms with Crippen LogP contribution >= 0.6 is 0 Å². The van der Waals surface area contributed by atoms with Gasteiger partial charge in [0.1, 0.15) is 0 Å². The van der Waals surface area contributed by atoms with Crippen molar-refractivity contribution in [3.05, 3.63) is 0 Å². The van der Waals surface area contributed by atoms with Crippen LogP contribution in [0.5, 0.6) is 0 Å². The monoisotopic (exact) mass is 226 g/mol. The average molecular weight is 226 g/mol. The van der Waals surface area contributed by atoms with Crippen molar-refractivity contribution in [1.29, 1.82) is 0 Å². The SMILES string of the molecule is CC(C)C1CNC(C(C)(C)C)CN1C(C)C. The molecule has 2 unspecified atom stereocenters. The van der Waals surface area contributed by atoms with E-state index in [0.29, 0.717) is 23.5 Å². The van der Waals surface area contributed by atoms with Crippen LogP contribution in [0.3, 0.4) is 0 Å². The van der Waals surface area contributed by atoms with Gasteiger partial charge in [-0.05, 0) is 25.2 Å². The van der Waals surface area contributed by atoms with E-state index in [9.17, 15) is 0 Å². The summed E-state index contributed by atoms with van der Waals surface area (Å²) in [6.07, 6.45) is 0. The maximum Gasteiger partial charge on any atom is 0.0247 e. The van der Waals surface area contributed by atoms with E-state index in [1.165, 1.54) is 6.54 Å². The molecule has 1 N–H and O–H groups in total. The number of nitrogens with zero attached hydrogens (tertiary/aromatic N) is 1. The summed E-state index contributed by atoms with van der Waals surface area (Å²) in [6, 6.07) is 1.96. The van der Waals surface area contributed by atoms with Crippen molar-refractivity contribution in [2.45, 2.75) is 66.6 Å². The molecule has 0 aromatic rings. The maximum absolute atomic E-state index is 3.73. The molecule has 2 heteroatoms. The molecule has 16 heavy (non-hydrogen) atoms. The lowest BCUT2D eigenvalue weighted by atomic mass is 9.83. The summed E-state index contributed by atoms with van der Waals surface area (Å²) in [5.41, 5.74) is 0.356. The highest BCUT2D eigenvalue weighted by Crippen LogP contribution is 2.26. The van der Waals surface area contributed by atoms with Gasteiger partial charge in [-0.15, -0.1) is 0 Å². The zero-order valence-corrected chi connectivity index (χ0v) is 12.2. The lowest BCUT2D eigenvalue weighted by molar-refractivity contribution is 0.0401. The molecule has 0 aromatic carbocycles. The zero-order chi connectivity index (χ0) is 12.5. The molecule has 0 amide bonds. The lowest BCUT2D eigenvalue weighted by Crippen LogP contribution is -2.63. The molecule has 0 aliphatic carbocycles. The minimum Gasteiger partial charge on any atom is -0.311 e. The third kappa shape index (κ3) is 3.21. The van der Waals surface area contributed by atoms with Gasteiger partial charge < -0.3 is 5.32 Å². The minimum atomic E-state index is 0.356. The van der Waals surface area contributed by atoms with Crippen LogP contribution in [0.2, 0.25) is 0 Å². The van der Waals surface area contributed by atoms with E-state index in [-0.39, 0.29) is 0 Å². The summed E-state index contributed by atoms with van der Waals surface area (Å²) in [7, 11) is 0. The van der Waals surface area contributed by atoms with Crippen molar-refractivity contribution in [3.8, 4) is 0 Å². The predicted molar refractivity (Wildman–Crippen MR) is 71.7 cm³/mol. The first-order chi connectivity index (χ1) is 7.23. The number of nitrogens with one attached hydrogen (secondary N) is 1. The van der Waals surface area contributed by atoms with Gasteiger partial charge >= 0.3 is 0 Å². The highest BCUT2D eigenvalue weighted by molar-refractivity contribution is 4.93. The van der Waals surface area contributed by atoms with Crippen molar-refractivity contribution >= 4 is 0 Å². The topological polar surface area (TPSA) is 15.3 Å².